The Morgan fingerprint density at radius 2 is 2.11 bits per heavy atom. The second-order valence-corrected chi connectivity index (χ2v) is 5.07. The van der Waals surface area contributed by atoms with Crippen LogP contribution in [0, 0.1) is 0 Å². The smallest absolute Gasteiger partial charge is 0.335 e. The molecule has 0 radical (unpaired) electrons. The van der Waals surface area contributed by atoms with Crippen molar-refractivity contribution < 1.29 is 14.6 Å². The molecule has 0 aromatic heterocycles. The largest absolute Gasteiger partial charge is 0.493 e. The fraction of sp³-hybridized carbons (Fsp3) is 0.462. The van der Waals surface area contributed by atoms with E-state index in [0.717, 1.165) is 17.9 Å². The van der Waals surface area contributed by atoms with Gasteiger partial charge in [0.15, 0.2) is 0 Å². The number of thioether (sulfide) groups is 1. The molecule has 0 fully saturated rings. The van der Waals surface area contributed by atoms with Gasteiger partial charge in [-0.3, -0.25) is 0 Å². The van der Waals surface area contributed by atoms with Crippen molar-refractivity contribution in [2.75, 3.05) is 18.1 Å². The Bertz CT molecular complexity index is 367. The van der Waals surface area contributed by atoms with Crippen LogP contribution in [-0.2, 0) is 0 Å². The first kappa shape index (κ1) is 14.9. The Labute approximate surface area is 112 Å². The van der Waals surface area contributed by atoms with Crippen LogP contribution in [0.3, 0.4) is 0 Å². The van der Waals surface area contributed by atoms with E-state index in [1.165, 1.54) is 12.1 Å². The van der Waals surface area contributed by atoms with Crippen LogP contribution >= 0.6 is 11.8 Å². The standard InChI is InChI=1S/C13H19NO3S/c1-2-11(14)9-18-8-7-17-12-5-3-10(4-6-12)13(15)16/h3-6,11H,2,7-9,14H2,1H3,(H,15,16). The molecule has 1 aromatic carbocycles. The average Bonchev–Trinajstić information content (AvgIpc) is 2.38. The van der Waals surface area contributed by atoms with E-state index < -0.39 is 5.97 Å². The zero-order chi connectivity index (χ0) is 13.4. The first-order valence-electron chi connectivity index (χ1n) is 5.93. The number of aromatic carboxylic acids is 1. The summed E-state index contributed by atoms with van der Waals surface area (Å²) in [7, 11) is 0. The second-order valence-electron chi connectivity index (χ2n) is 3.92. The van der Waals surface area contributed by atoms with E-state index in [1.54, 1.807) is 23.9 Å². The molecule has 0 heterocycles. The molecule has 3 N–H and O–H groups in total. The first-order chi connectivity index (χ1) is 8.63. The van der Waals surface area contributed by atoms with Gasteiger partial charge in [0.1, 0.15) is 5.75 Å². The van der Waals surface area contributed by atoms with E-state index >= 15 is 0 Å². The van der Waals surface area contributed by atoms with Gasteiger partial charge in [0.2, 0.25) is 0 Å². The fourth-order valence-corrected chi connectivity index (χ4v) is 2.17. The second kappa shape index (κ2) is 8.00. The van der Waals surface area contributed by atoms with Gasteiger partial charge >= 0.3 is 5.97 Å². The Morgan fingerprint density at radius 1 is 1.44 bits per heavy atom. The molecule has 1 unspecified atom stereocenters. The summed E-state index contributed by atoms with van der Waals surface area (Å²) in [6.45, 7) is 2.68. The highest BCUT2D eigenvalue weighted by atomic mass is 32.2. The normalized spacial score (nSPS) is 12.1. The number of carboxylic acid groups (broad SMARTS) is 1. The summed E-state index contributed by atoms with van der Waals surface area (Å²) in [5, 5.41) is 8.74. The molecule has 0 amide bonds. The average molecular weight is 269 g/mol. The van der Waals surface area contributed by atoms with Crippen LogP contribution in [0.15, 0.2) is 24.3 Å². The van der Waals surface area contributed by atoms with Gasteiger partial charge in [-0.15, -0.1) is 0 Å². The van der Waals surface area contributed by atoms with E-state index in [9.17, 15) is 4.79 Å². The molecule has 0 aliphatic heterocycles. The van der Waals surface area contributed by atoms with Crippen molar-refractivity contribution in [1.82, 2.24) is 0 Å². The molecule has 1 atom stereocenters. The zero-order valence-corrected chi connectivity index (χ0v) is 11.3. The summed E-state index contributed by atoms with van der Waals surface area (Å²) in [5.74, 6) is 1.60. The molecule has 5 heteroatoms. The Kier molecular flexibility index (Phi) is 6.60. The summed E-state index contributed by atoms with van der Waals surface area (Å²) in [6.07, 6.45) is 0.991. The molecule has 4 nitrogen and oxygen atoms in total. The van der Waals surface area contributed by atoms with Crippen LogP contribution in [0.25, 0.3) is 0 Å². The van der Waals surface area contributed by atoms with Crippen molar-refractivity contribution in [3.05, 3.63) is 29.8 Å². The van der Waals surface area contributed by atoms with Crippen LogP contribution in [0.4, 0.5) is 0 Å². The molecule has 0 saturated heterocycles. The Morgan fingerprint density at radius 3 is 2.67 bits per heavy atom. The molecule has 0 saturated carbocycles. The molecular formula is C13H19NO3S. The number of nitrogens with two attached hydrogens (primary N) is 1. The van der Waals surface area contributed by atoms with Gasteiger partial charge in [0.25, 0.3) is 0 Å². The van der Waals surface area contributed by atoms with Crippen molar-refractivity contribution in [1.29, 1.82) is 0 Å². The topological polar surface area (TPSA) is 72.5 Å². The lowest BCUT2D eigenvalue weighted by molar-refractivity contribution is 0.0697. The van der Waals surface area contributed by atoms with Crippen LogP contribution in [0.5, 0.6) is 5.75 Å². The van der Waals surface area contributed by atoms with E-state index in [1.807, 2.05) is 0 Å². The lowest BCUT2D eigenvalue weighted by Crippen LogP contribution is -2.21. The van der Waals surface area contributed by atoms with Gasteiger partial charge in [-0.25, -0.2) is 4.79 Å². The molecule has 1 aromatic rings. The monoisotopic (exact) mass is 269 g/mol. The predicted molar refractivity (Wildman–Crippen MR) is 74.5 cm³/mol. The minimum atomic E-state index is -0.925. The van der Waals surface area contributed by atoms with Crippen LogP contribution in [0.1, 0.15) is 23.7 Å². The molecule has 18 heavy (non-hydrogen) atoms. The zero-order valence-electron chi connectivity index (χ0n) is 10.5. The highest BCUT2D eigenvalue weighted by molar-refractivity contribution is 7.99. The van der Waals surface area contributed by atoms with Gasteiger partial charge in [0, 0.05) is 17.5 Å². The SMILES string of the molecule is CCC(N)CSCCOc1ccc(C(=O)O)cc1. The predicted octanol–water partition coefficient (Wildman–Crippen LogP) is 2.23. The molecule has 100 valence electrons. The first-order valence-corrected chi connectivity index (χ1v) is 7.08. The molecule has 0 aliphatic rings. The number of carbonyl (C=O) groups is 1. The lowest BCUT2D eigenvalue weighted by Gasteiger charge is -2.09. The minimum absolute atomic E-state index is 0.254. The Hall–Kier alpha value is -1.20. The maximum Gasteiger partial charge on any atom is 0.335 e. The quantitative estimate of drug-likeness (QED) is 0.708. The number of hydrogen-bond donors (Lipinski definition) is 2. The van der Waals surface area contributed by atoms with Gasteiger partial charge in [-0.05, 0) is 30.7 Å². The highest BCUT2D eigenvalue weighted by Crippen LogP contribution is 2.13. The Balaban J connectivity index is 2.21. The van der Waals surface area contributed by atoms with Gasteiger partial charge in [0.05, 0.1) is 12.2 Å². The van der Waals surface area contributed by atoms with Crippen molar-refractivity contribution in [3.8, 4) is 5.75 Å². The van der Waals surface area contributed by atoms with Crippen molar-refractivity contribution >= 4 is 17.7 Å². The van der Waals surface area contributed by atoms with Gasteiger partial charge < -0.3 is 15.6 Å². The summed E-state index contributed by atoms with van der Waals surface area (Å²) in [6, 6.07) is 6.68. The van der Waals surface area contributed by atoms with E-state index in [-0.39, 0.29) is 11.6 Å². The summed E-state index contributed by atoms with van der Waals surface area (Å²) in [4.78, 5) is 10.6. The van der Waals surface area contributed by atoms with Crippen LogP contribution in [-0.4, -0.2) is 35.2 Å². The summed E-state index contributed by atoms with van der Waals surface area (Å²) < 4.78 is 5.50. The van der Waals surface area contributed by atoms with Gasteiger partial charge in [-0.1, -0.05) is 6.92 Å². The molecular weight excluding hydrogens is 250 g/mol. The van der Waals surface area contributed by atoms with E-state index in [2.05, 4.69) is 6.92 Å². The third-order valence-electron chi connectivity index (χ3n) is 2.45. The number of rotatable bonds is 8. The maximum absolute atomic E-state index is 10.6. The van der Waals surface area contributed by atoms with Crippen molar-refractivity contribution in [3.63, 3.8) is 0 Å². The lowest BCUT2D eigenvalue weighted by atomic mass is 10.2. The maximum atomic E-state index is 10.6. The highest BCUT2D eigenvalue weighted by Gasteiger charge is 2.02. The number of ether oxygens (including phenoxy) is 1. The molecule has 0 spiro atoms. The van der Waals surface area contributed by atoms with Crippen molar-refractivity contribution in [2.45, 2.75) is 19.4 Å². The summed E-state index contributed by atoms with van der Waals surface area (Å²) >= 11 is 1.77. The van der Waals surface area contributed by atoms with Crippen LogP contribution < -0.4 is 10.5 Å². The third kappa shape index (κ3) is 5.42. The number of benzene rings is 1. The van der Waals surface area contributed by atoms with E-state index in [0.29, 0.717) is 12.4 Å². The summed E-state index contributed by atoms with van der Waals surface area (Å²) in [5.41, 5.74) is 6.06. The fourth-order valence-electron chi connectivity index (χ4n) is 1.26. The molecule has 0 bridgehead atoms. The number of carboxylic acids is 1. The van der Waals surface area contributed by atoms with Crippen LogP contribution in [0.2, 0.25) is 0 Å². The molecule has 1 rings (SSSR count). The third-order valence-corrected chi connectivity index (χ3v) is 3.57. The van der Waals surface area contributed by atoms with Gasteiger partial charge in [-0.2, -0.15) is 11.8 Å². The molecule has 0 aliphatic carbocycles. The van der Waals surface area contributed by atoms with Crippen molar-refractivity contribution in [2.24, 2.45) is 5.73 Å². The number of hydrogen-bond acceptors (Lipinski definition) is 4. The van der Waals surface area contributed by atoms with E-state index in [4.69, 9.17) is 15.6 Å². The minimum Gasteiger partial charge on any atom is -0.493 e.